The van der Waals surface area contributed by atoms with Crippen LogP contribution in [0, 0.1) is 0 Å². The van der Waals surface area contributed by atoms with Crippen LogP contribution in [0.15, 0.2) is 12.1 Å². The van der Waals surface area contributed by atoms with E-state index in [1.807, 2.05) is 0 Å². The molecule has 2 amide bonds. The van der Waals surface area contributed by atoms with E-state index in [2.05, 4.69) is 5.32 Å². The maximum absolute atomic E-state index is 12.8. The second-order valence-electron chi connectivity index (χ2n) is 5.99. The average molecular weight is 355 g/mol. The molecule has 2 aliphatic rings. The maximum atomic E-state index is 12.8. The molecule has 1 aromatic rings. The van der Waals surface area contributed by atoms with Crippen molar-refractivity contribution in [3.05, 3.63) is 22.7 Å². The number of ether oxygens (including phenoxy) is 2. The number of amides is 2. The number of hydrogen-bond donors (Lipinski definition) is 2. The zero-order valence-corrected chi connectivity index (χ0v) is 14.1. The number of carbonyl (C=O) groups is 2. The van der Waals surface area contributed by atoms with Crippen molar-refractivity contribution in [1.29, 1.82) is 0 Å². The minimum Gasteiger partial charge on any atom is -0.503 e. The number of nitrogens with one attached hydrogen (secondary N) is 1. The third-order valence-corrected chi connectivity index (χ3v) is 4.55. The van der Waals surface area contributed by atoms with Gasteiger partial charge in [-0.3, -0.25) is 4.79 Å². The van der Waals surface area contributed by atoms with Gasteiger partial charge in [-0.1, -0.05) is 11.6 Å². The van der Waals surface area contributed by atoms with Crippen LogP contribution in [-0.2, 0) is 4.74 Å². The molecular weight excluding hydrogens is 336 g/mol. The zero-order chi connectivity index (χ0) is 17.3. The van der Waals surface area contributed by atoms with E-state index in [9.17, 15) is 14.7 Å². The third kappa shape index (κ3) is 3.08. The van der Waals surface area contributed by atoms with Gasteiger partial charge in [-0.05, 0) is 31.9 Å². The van der Waals surface area contributed by atoms with Crippen molar-refractivity contribution >= 4 is 23.6 Å². The Kier molecular flexibility index (Phi) is 4.45. The number of alkyl carbamates (subject to hydrolysis) is 1. The topological polar surface area (TPSA) is 88.1 Å². The third-order valence-electron chi connectivity index (χ3n) is 4.27. The van der Waals surface area contributed by atoms with E-state index in [-0.39, 0.29) is 22.4 Å². The molecule has 1 unspecified atom stereocenters. The molecule has 2 fully saturated rings. The summed E-state index contributed by atoms with van der Waals surface area (Å²) in [4.78, 5) is 25.8. The molecule has 24 heavy (non-hydrogen) atoms. The first-order valence-corrected chi connectivity index (χ1v) is 8.23. The number of rotatable bonds is 3. The summed E-state index contributed by atoms with van der Waals surface area (Å²) in [5.74, 6) is -0.243. The Hall–Kier alpha value is -2.15. The van der Waals surface area contributed by atoms with Crippen LogP contribution in [0.25, 0.3) is 0 Å². The van der Waals surface area contributed by atoms with Crippen LogP contribution >= 0.6 is 11.6 Å². The van der Waals surface area contributed by atoms with Gasteiger partial charge in [0.2, 0.25) is 0 Å². The van der Waals surface area contributed by atoms with Gasteiger partial charge in [0.05, 0.1) is 24.7 Å². The summed E-state index contributed by atoms with van der Waals surface area (Å²) in [7, 11) is 0. The van der Waals surface area contributed by atoms with Crippen LogP contribution in [0.5, 0.6) is 11.5 Å². The Balaban J connectivity index is 1.82. The van der Waals surface area contributed by atoms with Crippen LogP contribution in [0.1, 0.15) is 30.1 Å². The van der Waals surface area contributed by atoms with Gasteiger partial charge in [-0.25, -0.2) is 4.79 Å². The van der Waals surface area contributed by atoms with Gasteiger partial charge >= 0.3 is 6.09 Å². The molecule has 0 aromatic heterocycles. The first-order valence-electron chi connectivity index (χ1n) is 7.85. The molecule has 2 saturated heterocycles. The standard InChI is InChI=1S/C16H19ClN2O5/c1-2-23-12-7-10(6-11(17)13(12)20)14(21)19-5-3-4-16(9-19)8-18-15(22)24-16/h6-7,20H,2-5,8-9H2,1H3,(H,18,22). The minimum atomic E-state index is -0.658. The van der Waals surface area contributed by atoms with Crippen molar-refractivity contribution in [3.8, 4) is 11.5 Å². The van der Waals surface area contributed by atoms with Crippen molar-refractivity contribution < 1.29 is 24.2 Å². The predicted octanol–water partition coefficient (Wildman–Crippen LogP) is 2.16. The molecule has 7 nitrogen and oxygen atoms in total. The van der Waals surface area contributed by atoms with Crippen LogP contribution in [0.3, 0.4) is 0 Å². The fourth-order valence-electron chi connectivity index (χ4n) is 3.15. The lowest BCUT2D eigenvalue weighted by molar-refractivity contribution is -0.00504. The largest absolute Gasteiger partial charge is 0.503 e. The zero-order valence-electron chi connectivity index (χ0n) is 13.3. The highest BCUT2D eigenvalue weighted by Crippen LogP contribution is 2.36. The summed E-state index contributed by atoms with van der Waals surface area (Å²) < 4.78 is 10.7. The molecule has 1 aromatic carbocycles. The van der Waals surface area contributed by atoms with E-state index >= 15 is 0 Å². The lowest BCUT2D eigenvalue weighted by atomic mass is 9.92. The SMILES string of the molecule is CCOc1cc(C(=O)N2CCCC3(CNC(=O)O3)C2)cc(Cl)c1O. The molecule has 3 rings (SSSR count). The van der Waals surface area contributed by atoms with E-state index in [0.717, 1.165) is 12.8 Å². The van der Waals surface area contributed by atoms with E-state index in [4.69, 9.17) is 21.1 Å². The summed E-state index contributed by atoms with van der Waals surface area (Å²) in [6.07, 6.45) is 1.01. The van der Waals surface area contributed by atoms with Crippen LogP contribution in [-0.4, -0.2) is 53.8 Å². The number of aromatic hydroxyl groups is 1. The number of likely N-dealkylation sites (tertiary alicyclic amines) is 1. The summed E-state index contributed by atoms with van der Waals surface area (Å²) in [6.45, 7) is 3.41. The number of phenolic OH excluding ortho intramolecular Hbond substituents is 1. The molecule has 0 radical (unpaired) electrons. The van der Waals surface area contributed by atoms with Crippen molar-refractivity contribution in [3.63, 3.8) is 0 Å². The summed E-state index contributed by atoms with van der Waals surface area (Å²) in [6, 6.07) is 2.90. The predicted molar refractivity (Wildman–Crippen MR) is 86.6 cm³/mol. The molecule has 2 heterocycles. The van der Waals surface area contributed by atoms with Crippen molar-refractivity contribution in [2.24, 2.45) is 0 Å². The van der Waals surface area contributed by atoms with Crippen LogP contribution < -0.4 is 10.1 Å². The number of benzene rings is 1. The Morgan fingerprint density at radius 2 is 2.33 bits per heavy atom. The highest BCUT2D eigenvalue weighted by molar-refractivity contribution is 6.32. The summed E-state index contributed by atoms with van der Waals surface area (Å²) >= 11 is 6.00. The van der Waals surface area contributed by atoms with Crippen molar-refractivity contribution in [2.45, 2.75) is 25.4 Å². The highest BCUT2D eigenvalue weighted by Gasteiger charge is 2.45. The van der Waals surface area contributed by atoms with Crippen molar-refractivity contribution in [1.82, 2.24) is 10.2 Å². The number of nitrogens with zero attached hydrogens (tertiary/aromatic N) is 1. The molecule has 1 atom stereocenters. The van der Waals surface area contributed by atoms with Crippen molar-refractivity contribution in [2.75, 3.05) is 26.2 Å². The normalized spacial score (nSPS) is 23.1. The number of phenols is 1. The fourth-order valence-corrected chi connectivity index (χ4v) is 3.36. The molecular formula is C16H19ClN2O5. The van der Waals surface area contributed by atoms with Crippen LogP contribution in [0.2, 0.25) is 5.02 Å². The number of halogens is 1. The second-order valence-corrected chi connectivity index (χ2v) is 6.40. The van der Waals surface area contributed by atoms with Gasteiger partial charge < -0.3 is 24.8 Å². The van der Waals surface area contributed by atoms with E-state index in [0.29, 0.717) is 31.8 Å². The molecule has 130 valence electrons. The maximum Gasteiger partial charge on any atom is 0.407 e. The van der Waals surface area contributed by atoms with Gasteiger partial charge in [0.15, 0.2) is 11.5 Å². The first-order chi connectivity index (χ1) is 11.4. The minimum absolute atomic E-state index is 0.0602. The van der Waals surface area contributed by atoms with Crippen LogP contribution in [0.4, 0.5) is 4.79 Å². The highest BCUT2D eigenvalue weighted by atomic mass is 35.5. The van der Waals surface area contributed by atoms with Gasteiger partial charge in [-0.2, -0.15) is 0 Å². The van der Waals surface area contributed by atoms with Gasteiger partial charge in [0.1, 0.15) is 5.60 Å². The number of hydrogen-bond acceptors (Lipinski definition) is 5. The van der Waals surface area contributed by atoms with Gasteiger partial charge in [-0.15, -0.1) is 0 Å². The summed E-state index contributed by atoms with van der Waals surface area (Å²) in [5, 5.41) is 12.6. The number of piperidine rings is 1. The Morgan fingerprint density at radius 1 is 1.54 bits per heavy atom. The monoisotopic (exact) mass is 354 g/mol. The van der Waals surface area contributed by atoms with E-state index < -0.39 is 11.7 Å². The second kappa shape index (κ2) is 6.39. The van der Waals surface area contributed by atoms with Gasteiger partial charge in [0.25, 0.3) is 5.91 Å². The molecule has 8 heteroatoms. The molecule has 0 saturated carbocycles. The Morgan fingerprint density at radius 3 is 3.00 bits per heavy atom. The lowest BCUT2D eigenvalue weighted by Gasteiger charge is -2.38. The fraction of sp³-hybridized carbons (Fsp3) is 0.500. The molecule has 2 aliphatic heterocycles. The lowest BCUT2D eigenvalue weighted by Crippen LogP contribution is -2.52. The molecule has 1 spiro atoms. The average Bonchev–Trinajstić information content (AvgIpc) is 2.91. The smallest absolute Gasteiger partial charge is 0.407 e. The molecule has 0 bridgehead atoms. The Bertz CT molecular complexity index is 681. The Labute approximate surface area is 144 Å². The number of carbonyl (C=O) groups excluding carboxylic acids is 2. The quantitative estimate of drug-likeness (QED) is 0.868. The van der Waals surface area contributed by atoms with E-state index in [1.54, 1.807) is 11.8 Å². The molecule has 2 N–H and O–H groups in total. The van der Waals surface area contributed by atoms with E-state index in [1.165, 1.54) is 12.1 Å². The van der Waals surface area contributed by atoms with Gasteiger partial charge in [0, 0.05) is 12.1 Å². The summed E-state index contributed by atoms with van der Waals surface area (Å²) in [5.41, 5.74) is -0.329. The molecule has 0 aliphatic carbocycles. The first kappa shape index (κ1) is 16.7.